The third kappa shape index (κ3) is 9.87. The summed E-state index contributed by atoms with van der Waals surface area (Å²) in [6.45, 7) is 13.7. The van der Waals surface area contributed by atoms with E-state index in [0.29, 0.717) is 0 Å². The minimum absolute atomic E-state index is 0. The minimum atomic E-state index is 0. The number of allylic oxidation sites excluding steroid dienone is 1. The zero-order chi connectivity index (χ0) is 17.8. The zero-order valence-corrected chi connectivity index (χ0v) is 18.8. The first-order valence-corrected chi connectivity index (χ1v) is 9.19. The Hall–Kier alpha value is -1.05. The molecule has 1 aromatic rings. The van der Waals surface area contributed by atoms with Crippen LogP contribution in [0.4, 0.5) is 0 Å². The van der Waals surface area contributed by atoms with E-state index in [1.807, 2.05) is 13.0 Å². The van der Waals surface area contributed by atoms with Gasteiger partial charge in [0.25, 0.3) is 0 Å². The molecule has 0 aliphatic heterocycles. The Morgan fingerprint density at radius 3 is 2.68 bits per heavy atom. The maximum absolute atomic E-state index is 4.75. The van der Waals surface area contributed by atoms with E-state index < -0.39 is 0 Å². The van der Waals surface area contributed by atoms with Crippen molar-refractivity contribution in [3.63, 3.8) is 0 Å². The molecule has 5 nitrogen and oxygen atoms in total. The number of halogens is 1. The molecule has 0 radical (unpaired) electrons. The molecule has 6 heteroatoms. The number of aryl methyl sites for hydroxylation is 3. The first-order valence-electron chi connectivity index (χ1n) is 9.19. The van der Waals surface area contributed by atoms with Crippen molar-refractivity contribution in [2.24, 2.45) is 4.99 Å². The van der Waals surface area contributed by atoms with Crippen molar-refractivity contribution >= 4 is 29.9 Å². The van der Waals surface area contributed by atoms with Crippen molar-refractivity contribution in [3.05, 3.63) is 30.1 Å². The van der Waals surface area contributed by atoms with Gasteiger partial charge in [-0.15, -0.1) is 30.6 Å². The first-order chi connectivity index (χ1) is 11.6. The van der Waals surface area contributed by atoms with Gasteiger partial charge in [-0.05, 0) is 52.5 Å². The lowest BCUT2D eigenvalue weighted by molar-refractivity contribution is 0.454. The summed E-state index contributed by atoms with van der Waals surface area (Å²) >= 11 is 0. The fourth-order valence-electron chi connectivity index (χ4n) is 2.70. The third-order valence-corrected chi connectivity index (χ3v) is 3.99. The number of guanidine groups is 1. The van der Waals surface area contributed by atoms with E-state index in [-0.39, 0.29) is 24.0 Å². The normalized spacial score (nSPS) is 11.1. The number of nitrogens with zero attached hydrogens (tertiary/aromatic N) is 4. The number of hydrogen-bond donors (Lipinski definition) is 1. The maximum atomic E-state index is 4.75. The predicted molar refractivity (Wildman–Crippen MR) is 119 cm³/mol. The van der Waals surface area contributed by atoms with Gasteiger partial charge in [0.1, 0.15) is 0 Å². The van der Waals surface area contributed by atoms with Crippen molar-refractivity contribution < 1.29 is 0 Å². The lowest BCUT2D eigenvalue weighted by Gasteiger charge is -2.22. The Balaban J connectivity index is 0.00000576. The maximum Gasteiger partial charge on any atom is 0.193 e. The lowest BCUT2D eigenvalue weighted by Crippen LogP contribution is -2.39. The SMILES string of the molecule is C=CCCCCCN(C)C(=NCCCn1nc(C)cc1C)NCC.I. The van der Waals surface area contributed by atoms with Crippen LogP contribution < -0.4 is 5.32 Å². The third-order valence-electron chi connectivity index (χ3n) is 3.99. The average molecular weight is 461 g/mol. The molecule has 0 fully saturated rings. The van der Waals surface area contributed by atoms with Crippen LogP contribution in [0.15, 0.2) is 23.7 Å². The molecule has 0 aromatic carbocycles. The largest absolute Gasteiger partial charge is 0.357 e. The van der Waals surface area contributed by atoms with Gasteiger partial charge in [-0.2, -0.15) is 5.10 Å². The van der Waals surface area contributed by atoms with Gasteiger partial charge in [0.05, 0.1) is 5.69 Å². The zero-order valence-electron chi connectivity index (χ0n) is 16.4. The molecule has 0 amide bonds. The standard InChI is InChI=1S/C19H35N5.HI/c1-6-8-9-10-11-14-23(5)19(20-7-2)21-13-12-15-24-18(4)16-17(3)22-24;/h6,16H,1,7-15H2,2-5H3,(H,20,21);1H. The quantitative estimate of drug-likeness (QED) is 0.177. The van der Waals surface area contributed by atoms with Gasteiger partial charge in [-0.25, -0.2) is 0 Å². The highest BCUT2D eigenvalue weighted by atomic mass is 127. The second-order valence-electron chi connectivity index (χ2n) is 6.30. The van der Waals surface area contributed by atoms with Crippen LogP contribution in [0.1, 0.15) is 50.4 Å². The second-order valence-corrected chi connectivity index (χ2v) is 6.30. The molecular formula is C19H36IN5. The molecule has 0 saturated heterocycles. The Morgan fingerprint density at radius 2 is 2.08 bits per heavy atom. The molecule has 1 N–H and O–H groups in total. The van der Waals surface area contributed by atoms with Crippen LogP contribution in [0.5, 0.6) is 0 Å². The molecule has 1 heterocycles. The molecule has 1 rings (SSSR count). The summed E-state index contributed by atoms with van der Waals surface area (Å²) in [7, 11) is 2.12. The molecule has 0 spiro atoms. The average Bonchev–Trinajstić information content (AvgIpc) is 2.87. The van der Waals surface area contributed by atoms with Crippen LogP contribution in [0, 0.1) is 13.8 Å². The van der Waals surface area contributed by atoms with Crippen LogP contribution in [0.2, 0.25) is 0 Å². The van der Waals surface area contributed by atoms with Crippen molar-refractivity contribution in [1.29, 1.82) is 0 Å². The molecule has 144 valence electrons. The van der Waals surface area contributed by atoms with Crippen LogP contribution in [-0.4, -0.2) is 47.3 Å². The van der Waals surface area contributed by atoms with E-state index in [1.54, 1.807) is 0 Å². The van der Waals surface area contributed by atoms with Gasteiger partial charge < -0.3 is 10.2 Å². The number of aliphatic imine (C=N–C) groups is 1. The summed E-state index contributed by atoms with van der Waals surface area (Å²) in [6.07, 6.45) is 7.79. The minimum Gasteiger partial charge on any atom is -0.357 e. The van der Waals surface area contributed by atoms with Gasteiger partial charge in [-0.1, -0.05) is 12.5 Å². The molecule has 1 aromatic heterocycles. The van der Waals surface area contributed by atoms with Crippen molar-refractivity contribution in [2.45, 2.75) is 59.4 Å². The highest BCUT2D eigenvalue weighted by molar-refractivity contribution is 14.0. The van der Waals surface area contributed by atoms with E-state index in [2.05, 4.69) is 53.5 Å². The van der Waals surface area contributed by atoms with E-state index in [0.717, 1.165) is 50.7 Å². The molecular weight excluding hydrogens is 425 g/mol. The van der Waals surface area contributed by atoms with Crippen LogP contribution in [0.25, 0.3) is 0 Å². The highest BCUT2D eigenvalue weighted by Crippen LogP contribution is 2.04. The summed E-state index contributed by atoms with van der Waals surface area (Å²) in [4.78, 5) is 6.99. The first kappa shape index (κ1) is 23.9. The van der Waals surface area contributed by atoms with Gasteiger partial charge >= 0.3 is 0 Å². The Kier molecular flexibility index (Phi) is 13.6. The molecule has 0 saturated carbocycles. The van der Waals surface area contributed by atoms with E-state index in [9.17, 15) is 0 Å². The van der Waals surface area contributed by atoms with Crippen LogP contribution in [-0.2, 0) is 6.54 Å². The van der Waals surface area contributed by atoms with Gasteiger partial charge in [0, 0.05) is 38.9 Å². The summed E-state index contributed by atoms with van der Waals surface area (Å²) in [5.41, 5.74) is 2.31. The summed E-state index contributed by atoms with van der Waals surface area (Å²) < 4.78 is 2.07. The Labute approximate surface area is 171 Å². The predicted octanol–water partition coefficient (Wildman–Crippen LogP) is 4.15. The number of hydrogen-bond acceptors (Lipinski definition) is 2. The fraction of sp³-hybridized carbons (Fsp3) is 0.684. The summed E-state index contributed by atoms with van der Waals surface area (Å²) in [6, 6.07) is 2.12. The topological polar surface area (TPSA) is 45.5 Å². The number of nitrogens with one attached hydrogen (secondary N) is 1. The second kappa shape index (κ2) is 14.2. The summed E-state index contributed by atoms with van der Waals surface area (Å²) in [5, 5.41) is 7.88. The molecule has 0 bridgehead atoms. The molecule has 0 aliphatic rings. The van der Waals surface area contributed by atoms with Crippen molar-refractivity contribution in [1.82, 2.24) is 20.0 Å². The molecule has 25 heavy (non-hydrogen) atoms. The van der Waals surface area contributed by atoms with Gasteiger partial charge in [0.15, 0.2) is 5.96 Å². The number of aromatic nitrogens is 2. The van der Waals surface area contributed by atoms with Crippen LogP contribution >= 0.6 is 24.0 Å². The molecule has 0 aliphatic carbocycles. The monoisotopic (exact) mass is 461 g/mol. The molecule has 0 unspecified atom stereocenters. The number of unbranched alkanes of at least 4 members (excludes halogenated alkanes) is 3. The molecule has 0 atom stereocenters. The Morgan fingerprint density at radius 1 is 1.32 bits per heavy atom. The van der Waals surface area contributed by atoms with E-state index in [1.165, 1.54) is 25.0 Å². The fourth-order valence-corrected chi connectivity index (χ4v) is 2.70. The van der Waals surface area contributed by atoms with Crippen molar-refractivity contribution in [3.8, 4) is 0 Å². The van der Waals surface area contributed by atoms with E-state index >= 15 is 0 Å². The van der Waals surface area contributed by atoms with Crippen LogP contribution in [0.3, 0.4) is 0 Å². The highest BCUT2D eigenvalue weighted by Gasteiger charge is 2.05. The van der Waals surface area contributed by atoms with Gasteiger partial charge in [-0.3, -0.25) is 9.67 Å². The van der Waals surface area contributed by atoms with E-state index in [4.69, 9.17) is 4.99 Å². The summed E-state index contributed by atoms with van der Waals surface area (Å²) in [5.74, 6) is 1.01. The number of rotatable bonds is 11. The Bertz CT molecular complexity index is 510. The lowest BCUT2D eigenvalue weighted by atomic mass is 10.2. The smallest absolute Gasteiger partial charge is 0.193 e. The van der Waals surface area contributed by atoms with Gasteiger partial charge in [0.2, 0.25) is 0 Å². The van der Waals surface area contributed by atoms with Crippen molar-refractivity contribution in [2.75, 3.05) is 26.7 Å².